The van der Waals surface area contributed by atoms with Crippen molar-refractivity contribution in [3.8, 4) is 5.75 Å². The summed E-state index contributed by atoms with van der Waals surface area (Å²) in [6, 6.07) is 12.8. The first-order valence-corrected chi connectivity index (χ1v) is 11.6. The number of benzene rings is 2. The molecule has 1 aliphatic heterocycles. The van der Waals surface area contributed by atoms with Crippen LogP contribution in [0.5, 0.6) is 5.75 Å². The molecule has 0 atom stereocenters. The average Bonchev–Trinajstić information content (AvgIpc) is 3.30. The van der Waals surface area contributed by atoms with Gasteiger partial charge in [0.05, 0.1) is 22.6 Å². The fourth-order valence-corrected chi connectivity index (χ4v) is 4.43. The van der Waals surface area contributed by atoms with Gasteiger partial charge >= 0.3 is 0 Å². The van der Waals surface area contributed by atoms with E-state index < -0.39 is 0 Å². The third kappa shape index (κ3) is 4.83. The van der Waals surface area contributed by atoms with Crippen molar-refractivity contribution in [3.05, 3.63) is 71.8 Å². The summed E-state index contributed by atoms with van der Waals surface area (Å²) in [7, 11) is 0. The van der Waals surface area contributed by atoms with Crippen molar-refractivity contribution in [3.63, 3.8) is 0 Å². The summed E-state index contributed by atoms with van der Waals surface area (Å²) in [6.07, 6.45) is 3.07. The number of ether oxygens (including phenoxy) is 1. The van der Waals surface area contributed by atoms with Gasteiger partial charge in [0.15, 0.2) is 12.3 Å². The lowest BCUT2D eigenvalue weighted by atomic mass is 10.1. The first kappa shape index (κ1) is 22.5. The van der Waals surface area contributed by atoms with Gasteiger partial charge in [0.25, 0.3) is 11.8 Å². The molecule has 1 aliphatic rings. The number of rotatable bonds is 8. The van der Waals surface area contributed by atoms with E-state index >= 15 is 0 Å². The van der Waals surface area contributed by atoms with Gasteiger partial charge in [0, 0.05) is 18.5 Å². The fraction of sp³-hybridized carbons (Fsp3) is 0.130. The van der Waals surface area contributed by atoms with Crippen LogP contribution in [0.4, 0.5) is 17.1 Å². The molecule has 0 fully saturated rings. The molecule has 4 aromatic rings. The third-order valence-electron chi connectivity index (χ3n) is 5.36. The van der Waals surface area contributed by atoms with E-state index in [0.717, 1.165) is 11.1 Å². The van der Waals surface area contributed by atoms with Crippen LogP contribution in [0.3, 0.4) is 0 Å². The molecular formula is C23H21N7O4S. The van der Waals surface area contributed by atoms with Crippen molar-refractivity contribution in [1.82, 2.24) is 20.3 Å². The minimum absolute atomic E-state index is 0.00848. The molecule has 0 spiro atoms. The van der Waals surface area contributed by atoms with Crippen LogP contribution in [0.25, 0.3) is 11.0 Å². The minimum Gasteiger partial charge on any atom is -0.482 e. The highest BCUT2D eigenvalue weighted by Gasteiger charge is 2.18. The van der Waals surface area contributed by atoms with E-state index in [1.807, 2.05) is 24.3 Å². The molecule has 0 bridgehead atoms. The highest BCUT2D eigenvalue weighted by molar-refractivity contribution is 7.99. The number of nitrogens with zero attached hydrogens (tertiary/aromatic N) is 2. The van der Waals surface area contributed by atoms with Gasteiger partial charge in [-0.1, -0.05) is 24.3 Å². The summed E-state index contributed by atoms with van der Waals surface area (Å²) in [6.45, 7) is 0.235. The van der Waals surface area contributed by atoms with Gasteiger partial charge in [0.1, 0.15) is 17.6 Å². The SMILES string of the molecule is O=C1COc2ccc(CNC(=O)c3ncnc4c(NSCc5ccccc5NO)c[nH]c34)cc2N1. The summed E-state index contributed by atoms with van der Waals surface area (Å²) in [5.41, 5.74) is 7.16. The van der Waals surface area contributed by atoms with E-state index in [0.29, 0.717) is 39.6 Å². The number of hydrogen-bond acceptors (Lipinski definition) is 9. The zero-order valence-corrected chi connectivity index (χ0v) is 19.1. The summed E-state index contributed by atoms with van der Waals surface area (Å²) in [5, 5.41) is 14.8. The Balaban J connectivity index is 1.25. The Morgan fingerprint density at radius 2 is 2.06 bits per heavy atom. The zero-order valence-electron chi connectivity index (χ0n) is 18.3. The second-order valence-corrected chi connectivity index (χ2v) is 8.44. The molecule has 3 heterocycles. The Morgan fingerprint density at radius 3 is 2.94 bits per heavy atom. The molecule has 2 aromatic carbocycles. The number of H-pyrrole nitrogens is 1. The number of amides is 2. The van der Waals surface area contributed by atoms with Crippen LogP contribution in [0.2, 0.25) is 0 Å². The van der Waals surface area contributed by atoms with Crippen molar-refractivity contribution < 1.29 is 19.5 Å². The molecule has 0 saturated carbocycles. The van der Waals surface area contributed by atoms with Crippen molar-refractivity contribution in [2.75, 3.05) is 22.1 Å². The molecule has 35 heavy (non-hydrogen) atoms. The molecule has 11 nitrogen and oxygen atoms in total. The molecular weight excluding hydrogens is 470 g/mol. The maximum Gasteiger partial charge on any atom is 0.272 e. The monoisotopic (exact) mass is 491 g/mol. The summed E-state index contributed by atoms with van der Waals surface area (Å²) < 4.78 is 8.59. The van der Waals surface area contributed by atoms with E-state index in [9.17, 15) is 14.8 Å². The molecule has 5 rings (SSSR count). The molecule has 0 aliphatic carbocycles. The van der Waals surface area contributed by atoms with Crippen molar-refractivity contribution in [1.29, 1.82) is 0 Å². The second-order valence-electron chi connectivity index (χ2n) is 7.66. The highest BCUT2D eigenvalue weighted by atomic mass is 32.2. The van der Waals surface area contributed by atoms with E-state index in [-0.39, 0.29) is 30.7 Å². The number of fused-ring (bicyclic) bond motifs is 2. The van der Waals surface area contributed by atoms with Gasteiger partial charge in [-0.25, -0.2) is 9.97 Å². The van der Waals surface area contributed by atoms with Crippen LogP contribution in [0.15, 0.2) is 55.0 Å². The van der Waals surface area contributed by atoms with Crippen LogP contribution < -0.4 is 25.6 Å². The lowest BCUT2D eigenvalue weighted by molar-refractivity contribution is -0.118. The van der Waals surface area contributed by atoms with Crippen molar-refractivity contribution >= 4 is 51.9 Å². The van der Waals surface area contributed by atoms with Crippen molar-refractivity contribution in [2.24, 2.45) is 0 Å². The number of anilines is 3. The van der Waals surface area contributed by atoms with Crippen LogP contribution in [0.1, 0.15) is 21.6 Å². The number of carbonyl (C=O) groups is 2. The quantitative estimate of drug-likeness (QED) is 0.161. The molecule has 2 amide bonds. The topological polar surface area (TPSA) is 153 Å². The van der Waals surface area contributed by atoms with E-state index in [1.54, 1.807) is 24.4 Å². The number of aromatic nitrogens is 3. The van der Waals surface area contributed by atoms with Gasteiger partial charge in [-0.2, -0.15) is 0 Å². The Kier molecular flexibility index (Phi) is 6.37. The van der Waals surface area contributed by atoms with Gasteiger partial charge in [-0.3, -0.25) is 20.3 Å². The lowest BCUT2D eigenvalue weighted by Gasteiger charge is -2.18. The number of hydrogen-bond donors (Lipinski definition) is 6. The van der Waals surface area contributed by atoms with Crippen LogP contribution in [-0.2, 0) is 17.1 Å². The predicted molar refractivity (Wildman–Crippen MR) is 132 cm³/mol. The first-order valence-electron chi connectivity index (χ1n) is 10.6. The van der Waals surface area contributed by atoms with E-state index in [1.165, 1.54) is 18.3 Å². The van der Waals surface area contributed by atoms with Gasteiger partial charge in [-0.15, -0.1) is 0 Å². The van der Waals surface area contributed by atoms with Gasteiger partial charge < -0.3 is 25.1 Å². The predicted octanol–water partition coefficient (Wildman–Crippen LogP) is 3.28. The number of carbonyl (C=O) groups excluding carboxylic acids is 2. The molecule has 6 N–H and O–H groups in total. The first-order chi connectivity index (χ1) is 17.1. The summed E-state index contributed by atoms with van der Waals surface area (Å²) in [5.74, 6) is 0.601. The number of nitrogens with one attached hydrogen (secondary N) is 5. The lowest BCUT2D eigenvalue weighted by Crippen LogP contribution is -2.26. The molecule has 178 valence electrons. The van der Waals surface area contributed by atoms with E-state index in [4.69, 9.17) is 4.74 Å². The Hall–Kier alpha value is -4.29. The summed E-state index contributed by atoms with van der Waals surface area (Å²) in [4.78, 5) is 36.0. The van der Waals surface area contributed by atoms with Crippen molar-refractivity contribution in [2.45, 2.75) is 12.3 Å². The standard InChI is InChI=1S/C23H21N7O4S/c31-19-10-34-18-6-5-13(7-16(18)28-19)8-25-23(32)22-21-20(26-12-27-22)17(9-24-21)30-35-11-14-3-1-2-4-15(14)29-33/h1-7,9,12,24,29-30,33H,8,10-11H2,(H,25,32)(H,28,31). The third-order valence-corrected chi connectivity index (χ3v) is 6.18. The van der Waals surface area contributed by atoms with Crippen LogP contribution in [-0.4, -0.2) is 38.6 Å². The second kappa shape index (κ2) is 9.91. The Morgan fingerprint density at radius 1 is 1.17 bits per heavy atom. The number of aromatic amines is 1. The molecule has 0 radical (unpaired) electrons. The molecule has 0 unspecified atom stereocenters. The summed E-state index contributed by atoms with van der Waals surface area (Å²) >= 11 is 1.42. The molecule has 12 heteroatoms. The van der Waals surface area contributed by atoms with Crippen LogP contribution >= 0.6 is 11.9 Å². The highest BCUT2D eigenvalue weighted by Crippen LogP contribution is 2.29. The Labute approximate surface area is 203 Å². The average molecular weight is 492 g/mol. The minimum atomic E-state index is -0.362. The zero-order chi connectivity index (χ0) is 24.2. The largest absolute Gasteiger partial charge is 0.482 e. The van der Waals surface area contributed by atoms with Crippen LogP contribution in [0, 0.1) is 0 Å². The maximum absolute atomic E-state index is 12.9. The fourth-order valence-electron chi connectivity index (χ4n) is 3.64. The molecule has 0 saturated heterocycles. The smallest absolute Gasteiger partial charge is 0.272 e. The number of para-hydroxylation sites is 1. The van der Waals surface area contributed by atoms with Gasteiger partial charge in [0.2, 0.25) is 0 Å². The normalized spacial score (nSPS) is 12.4. The Bertz CT molecular complexity index is 1410. The molecule has 2 aromatic heterocycles. The van der Waals surface area contributed by atoms with Gasteiger partial charge in [-0.05, 0) is 41.3 Å². The van der Waals surface area contributed by atoms with E-state index in [2.05, 4.69) is 35.8 Å². The maximum atomic E-state index is 12.9.